The van der Waals surface area contributed by atoms with E-state index in [9.17, 15) is 0 Å². The number of aromatic nitrogens is 3. The topological polar surface area (TPSA) is 68.8 Å². The Morgan fingerprint density at radius 1 is 1.21 bits per heavy atom. The first-order chi connectivity index (χ1) is 9.33. The van der Waals surface area contributed by atoms with Crippen molar-refractivity contribution in [2.75, 3.05) is 11.9 Å². The van der Waals surface area contributed by atoms with Crippen molar-refractivity contribution < 1.29 is 0 Å². The van der Waals surface area contributed by atoms with Crippen LogP contribution in [0.1, 0.15) is 37.3 Å². The minimum Gasteiger partial charge on any atom is -0.369 e. The van der Waals surface area contributed by atoms with Crippen LogP contribution in [0.3, 0.4) is 0 Å². The number of anilines is 1. The molecular formula is C14H19N5. The molecule has 0 aromatic carbocycles. The highest BCUT2D eigenvalue weighted by Gasteiger charge is 2.24. The molecule has 1 fully saturated rings. The van der Waals surface area contributed by atoms with Crippen LogP contribution >= 0.6 is 0 Å². The second-order valence-electron chi connectivity index (χ2n) is 5.72. The molecule has 0 bridgehead atoms. The van der Waals surface area contributed by atoms with E-state index >= 15 is 0 Å². The summed E-state index contributed by atoms with van der Waals surface area (Å²) in [7, 11) is 0. The summed E-state index contributed by atoms with van der Waals surface area (Å²) in [5.74, 6) is 1.04. The van der Waals surface area contributed by atoms with E-state index in [0.717, 1.165) is 50.0 Å². The van der Waals surface area contributed by atoms with Gasteiger partial charge < -0.3 is 15.6 Å². The summed E-state index contributed by atoms with van der Waals surface area (Å²) in [6, 6.07) is 0.942. The second kappa shape index (κ2) is 4.20. The van der Waals surface area contributed by atoms with Crippen molar-refractivity contribution in [3.8, 4) is 0 Å². The largest absolute Gasteiger partial charge is 0.369 e. The lowest BCUT2D eigenvalue weighted by Crippen LogP contribution is -2.27. The van der Waals surface area contributed by atoms with Crippen LogP contribution < -0.4 is 11.1 Å². The van der Waals surface area contributed by atoms with Gasteiger partial charge in [0.1, 0.15) is 11.3 Å². The normalized spacial score (nSPS) is 26.4. The van der Waals surface area contributed by atoms with Gasteiger partial charge in [-0.1, -0.05) is 0 Å². The smallest absolute Gasteiger partial charge is 0.131 e. The van der Waals surface area contributed by atoms with Gasteiger partial charge in [-0.3, -0.25) is 0 Å². The standard InChI is InChI=1S/C14H19N5/c15-9-1-3-10(4-2-9)19-8-18-12-7-17-14-11(13(12)19)5-6-16-14/h7-10H,1-6,15H2,(H,16,17)/t9-,10+. The Kier molecular flexibility index (Phi) is 2.48. The van der Waals surface area contributed by atoms with E-state index in [2.05, 4.69) is 19.9 Å². The van der Waals surface area contributed by atoms with Crippen molar-refractivity contribution in [2.24, 2.45) is 5.73 Å². The van der Waals surface area contributed by atoms with Crippen molar-refractivity contribution >= 4 is 16.9 Å². The van der Waals surface area contributed by atoms with E-state index < -0.39 is 0 Å². The van der Waals surface area contributed by atoms with Crippen LogP contribution in [-0.2, 0) is 6.42 Å². The molecule has 5 heteroatoms. The lowest BCUT2D eigenvalue weighted by molar-refractivity contribution is 0.328. The molecule has 3 N–H and O–H groups in total. The minimum absolute atomic E-state index is 0.389. The van der Waals surface area contributed by atoms with Crippen molar-refractivity contribution in [2.45, 2.75) is 44.2 Å². The van der Waals surface area contributed by atoms with Gasteiger partial charge in [0.05, 0.1) is 18.0 Å². The van der Waals surface area contributed by atoms with Gasteiger partial charge in [0.15, 0.2) is 0 Å². The maximum Gasteiger partial charge on any atom is 0.131 e. The summed E-state index contributed by atoms with van der Waals surface area (Å²) < 4.78 is 2.37. The molecule has 100 valence electrons. The Balaban J connectivity index is 1.80. The fourth-order valence-corrected chi connectivity index (χ4v) is 3.45. The zero-order valence-electron chi connectivity index (χ0n) is 11.0. The summed E-state index contributed by atoms with van der Waals surface area (Å²) >= 11 is 0. The summed E-state index contributed by atoms with van der Waals surface area (Å²) in [5.41, 5.74) is 9.66. The predicted octanol–water partition coefficient (Wildman–Crippen LogP) is 1.84. The number of rotatable bonds is 1. The number of fused-ring (bicyclic) bond motifs is 3. The number of nitrogens with one attached hydrogen (secondary N) is 1. The first-order valence-electron chi connectivity index (χ1n) is 7.17. The van der Waals surface area contributed by atoms with Crippen LogP contribution in [0.2, 0.25) is 0 Å². The lowest BCUT2D eigenvalue weighted by Gasteiger charge is -2.27. The van der Waals surface area contributed by atoms with Crippen molar-refractivity contribution in [1.29, 1.82) is 0 Å². The average molecular weight is 257 g/mol. The second-order valence-corrected chi connectivity index (χ2v) is 5.72. The molecule has 4 rings (SSSR count). The molecule has 0 saturated heterocycles. The van der Waals surface area contributed by atoms with E-state index in [0.29, 0.717) is 12.1 Å². The third-order valence-corrected chi connectivity index (χ3v) is 4.51. The molecule has 0 atom stereocenters. The number of imidazole rings is 1. The van der Waals surface area contributed by atoms with Crippen molar-refractivity contribution in [3.05, 3.63) is 18.1 Å². The Labute approximate surface area is 112 Å². The maximum atomic E-state index is 6.01. The molecule has 1 aliphatic carbocycles. The Hall–Kier alpha value is -1.62. The lowest BCUT2D eigenvalue weighted by atomic mass is 9.91. The van der Waals surface area contributed by atoms with Crippen LogP contribution in [0.25, 0.3) is 11.0 Å². The molecule has 2 aliphatic rings. The maximum absolute atomic E-state index is 6.01. The minimum atomic E-state index is 0.389. The number of nitrogens with zero attached hydrogens (tertiary/aromatic N) is 3. The van der Waals surface area contributed by atoms with Gasteiger partial charge >= 0.3 is 0 Å². The van der Waals surface area contributed by atoms with Gasteiger partial charge in [-0.15, -0.1) is 0 Å². The van der Waals surface area contributed by atoms with Crippen LogP contribution in [-0.4, -0.2) is 27.1 Å². The van der Waals surface area contributed by atoms with E-state index in [1.165, 1.54) is 11.1 Å². The van der Waals surface area contributed by atoms with Gasteiger partial charge in [-0.2, -0.15) is 0 Å². The van der Waals surface area contributed by atoms with Crippen LogP contribution in [0.4, 0.5) is 5.82 Å². The van der Waals surface area contributed by atoms with E-state index in [-0.39, 0.29) is 0 Å². The number of nitrogens with two attached hydrogens (primary N) is 1. The molecule has 2 aromatic rings. The SMILES string of the molecule is N[C@H]1CC[C@@H](n2cnc3cnc4c(c32)CCN4)CC1. The number of hydrogen-bond donors (Lipinski definition) is 2. The fourth-order valence-electron chi connectivity index (χ4n) is 3.45. The zero-order valence-corrected chi connectivity index (χ0v) is 11.0. The van der Waals surface area contributed by atoms with Gasteiger partial charge in [-0.25, -0.2) is 9.97 Å². The third kappa shape index (κ3) is 1.72. The molecule has 0 spiro atoms. The van der Waals surface area contributed by atoms with Crippen molar-refractivity contribution in [1.82, 2.24) is 14.5 Å². The van der Waals surface area contributed by atoms with Gasteiger partial charge in [0.2, 0.25) is 0 Å². The molecule has 0 radical (unpaired) electrons. The molecule has 0 amide bonds. The number of pyridine rings is 1. The van der Waals surface area contributed by atoms with Crippen LogP contribution in [0.5, 0.6) is 0 Å². The van der Waals surface area contributed by atoms with Crippen molar-refractivity contribution in [3.63, 3.8) is 0 Å². The predicted molar refractivity (Wildman–Crippen MR) is 75.2 cm³/mol. The highest BCUT2D eigenvalue weighted by Crippen LogP contribution is 2.34. The average Bonchev–Trinajstić information content (AvgIpc) is 3.04. The molecule has 1 saturated carbocycles. The molecule has 5 nitrogen and oxygen atoms in total. The van der Waals surface area contributed by atoms with E-state index in [1.54, 1.807) is 0 Å². The number of hydrogen-bond acceptors (Lipinski definition) is 4. The molecule has 1 aliphatic heterocycles. The summed E-state index contributed by atoms with van der Waals surface area (Å²) in [5, 5.41) is 3.35. The van der Waals surface area contributed by atoms with Crippen LogP contribution in [0.15, 0.2) is 12.5 Å². The molecule has 2 aromatic heterocycles. The van der Waals surface area contributed by atoms with E-state index in [4.69, 9.17) is 5.73 Å². The molecule has 0 unspecified atom stereocenters. The Morgan fingerprint density at radius 3 is 2.89 bits per heavy atom. The van der Waals surface area contributed by atoms with Gasteiger partial charge in [0.25, 0.3) is 0 Å². The third-order valence-electron chi connectivity index (χ3n) is 4.51. The van der Waals surface area contributed by atoms with Crippen LogP contribution in [0, 0.1) is 0 Å². The van der Waals surface area contributed by atoms with Gasteiger partial charge in [0, 0.05) is 24.2 Å². The summed E-state index contributed by atoms with van der Waals surface area (Å²) in [4.78, 5) is 8.98. The van der Waals surface area contributed by atoms with Gasteiger partial charge in [-0.05, 0) is 32.1 Å². The molecular weight excluding hydrogens is 238 g/mol. The Bertz CT molecular complexity index is 610. The monoisotopic (exact) mass is 257 g/mol. The first kappa shape index (κ1) is 11.2. The fraction of sp³-hybridized carbons (Fsp3) is 0.571. The van der Waals surface area contributed by atoms with E-state index in [1.807, 2.05) is 12.5 Å². The first-order valence-corrected chi connectivity index (χ1v) is 7.17. The Morgan fingerprint density at radius 2 is 2.05 bits per heavy atom. The summed E-state index contributed by atoms with van der Waals surface area (Å²) in [6.45, 7) is 0.988. The quantitative estimate of drug-likeness (QED) is 0.818. The highest BCUT2D eigenvalue weighted by atomic mass is 15.1. The highest BCUT2D eigenvalue weighted by molar-refractivity contribution is 5.83. The molecule has 3 heterocycles. The zero-order chi connectivity index (χ0) is 12.8. The molecule has 19 heavy (non-hydrogen) atoms. The summed E-state index contributed by atoms with van der Waals surface area (Å²) in [6.07, 6.45) is 9.50.